The Labute approximate surface area is 204 Å². The summed E-state index contributed by atoms with van der Waals surface area (Å²) in [5, 5.41) is 2.77. The largest absolute Gasteiger partial charge is 0.338 e. The normalized spacial score (nSPS) is 17.3. The zero-order chi connectivity index (χ0) is 24.7. The molecule has 1 unspecified atom stereocenters. The number of hydrogen-bond acceptors (Lipinski definition) is 5. The summed E-state index contributed by atoms with van der Waals surface area (Å²) in [6, 6.07) is 7.61. The summed E-state index contributed by atoms with van der Waals surface area (Å²) in [6.07, 6.45) is 4.48. The fourth-order valence-electron chi connectivity index (χ4n) is 4.52. The van der Waals surface area contributed by atoms with Gasteiger partial charge in [0.2, 0.25) is 10.0 Å². The minimum absolute atomic E-state index is 0.0470. The number of likely N-dealkylation sites (tertiary alicyclic amines) is 1. The van der Waals surface area contributed by atoms with Gasteiger partial charge in [-0.25, -0.2) is 13.1 Å². The molecule has 1 saturated heterocycles. The van der Waals surface area contributed by atoms with E-state index in [-0.39, 0.29) is 22.8 Å². The van der Waals surface area contributed by atoms with Gasteiger partial charge in [0.1, 0.15) is 0 Å². The average Bonchev–Trinajstić information content (AvgIpc) is 3.20. The number of pyridine rings is 1. The quantitative estimate of drug-likeness (QED) is 0.553. The van der Waals surface area contributed by atoms with Crippen LogP contribution < -0.4 is 10.3 Å². The number of rotatable bonds is 5. The summed E-state index contributed by atoms with van der Waals surface area (Å²) in [4.78, 5) is 30.7. The number of nitrogens with one attached hydrogen (secondary N) is 2. The number of aromatic amines is 1. The number of nitrogens with zero attached hydrogens (tertiary/aromatic N) is 1. The lowest BCUT2D eigenvalue weighted by Gasteiger charge is -2.32. The van der Waals surface area contributed by atoms with E-state index in [2.05, 4.69) is 36.5 Å². The molecule has 9 heteroatoms. The highest BCUT2D eigenvalue weighted by molar-refractivity contribution is 7.88. The van der Waals surface area contributed by atoms with Crippen molar-refractivity contribution in [3.63, 3.8) is 0 Å². The van der Waals surface area contributed by atoms with Crippen LogP contribution in [0, 0.1) is 5.92 Å². The van der Waals surface area contributed by atoms with Gasteiger partial charge < -0.3 is 9.88 Å². The Morgan fingerprint density at radius 3 is 2.74 bits per heavy atom. The molecule has 1 fully saturated rings. The first-order valence-electron chi connectivity index (χ1n) is 11.4. The molecule has 2 aromatic heterocycles. The first kappa shape index (κ1) is 24.6. The van der Waals surface area contributed by atoms with Crippen LogP contribution in [-0.2, 0) is 15.4 Å². The molecule has 4 rings (SSSR count). The number of amides is 1. The Balaban J connectivity index is 1.73. The minimum Gasteiger partial charge on any atom is -0.338 e. The molecular weight excluding hydrogens is 470 g/mol. The molecule has 0 saturated carbocycles. The molecule has 2 N–H and O–H groups in total. The fraction of sp³-hybridized carbons (Fsp3) is 0.440. The second kappa shape index (κ2) is 9.28. The molecular formula is C25H31N3O4S2. The van der Waals surface area contributed by atoms with Gasteiger partial charge in [-0.15, -0.1) is 11.3 Å². The average molecular weight is 502 g/mol. The molecule has 1 aliphatic rings. The maximum atomic E-state index is 13.6. The molecule has 1 amide bonds. The predicted octanol–water partition coefficient (Wildman–Crippen LogP) is 3.96. The number of aromatic nitrogens is 1. The van der Waals surface area contributed by atoms with Crippen LogP contribution in [-0.4, -0.2) is 50.1 Å². The third kappa shape index (κ3) is 5.26. The van der Waals surface area contributed by atoms with E-state index in [1.165, 1.54) is 0 Å². The third-order valence-electron chi connectivity index (χ3n) is 6.28. The van der Waals surface area contributed by atoms with Crippen LogP contribution in [0.15, 0.2) is 40.6 Å². The van der Waals surface area contributed by atoms with Crippen molar-refractivity contribution >= 4 is 37.4 Å². The van der Waals surface area contributed by atoms with Crippen molar-refractivity contribution in [2.24, 2.45) is 5.92 Å². The lowest BCUT2D eigenvalue weighted by atomic mass is 9.84. The number of H-pyrrole nitrogens is 1. The molecule has 0 radical (unpaired) electrons. The maximum absolute atomic E-state index is 13.6. The van der Waals surface area contributed by atoms with E-state index < -0.39 is 10.0 Å². The summed E-state index contributed by atoms with van der Waals surface area (Å²) < 4.78 is 26.6. The van der Waals surface area contributed by atoms with Gasteiger partial charge in [-0.1, -0.05) is 20.8 Å². The van der Waals surface area contributed by atoms with E-state index in [9.17, 15) is 18.0 Å². The van der Waals surface area contributed by atoms with Crippen molar-refractivity contribution < 1.29 is 13.2 Å². The summed E-state index contributed by atoms with van der Waals surface area (Å²) in [5.74, 6) is 0.0372. The number of sulfonamides is 1. The monoisotopic (exact) mass is 501 g/mol. The number of hydrogen-bond donors (Lipinski definition) is 2. The van der Waals surface area contributed by atoms with Crippen LogP contribution in [0.2, 0.25) is 0 Å². The van der Waals surface area contributed by atoms with Crippen LogP contribution in [0.1, 0.15) is 49.5 Å². The number of carbonyl (C=O) groups is 1. The summed E-state index contributed by atoms with van der Waals surface area (Å²) in [7, 11) is -3.27. The van der Waals surface area contributed by atoms with Gasteiger partial charge >= 0.3 is 0 Å². The molecule has 0 bridgehead atoms. The van der Waals surface area contributed by atoms with Crippen molar-refractivity contribution in [1.29, 1.82) is 0 Å². The number of fused-ring (bicyclic) bond motifs is 1. The van der Waals surface area contributed by atoms with Crippen molar-refractivity contribution in [3.05, 3.63) is 57.3 Å². The molecule has 1 aromatic carbocycles. The molecule has 7 nitrogen and oxygen atoms in total. The van der Waals surface area contributed by atoms with E-state index in [1.54, 1.807) is 29.7 Å². The molecule has 3 aromatic rings. The molecule has 1 atom stereocenters. The van der Waals surface area contributed by atoms with Gasteiger partial charge in [0.15, 0.2) is 0 Å². The van der Waals surface area contributed by atoms with Crippen LogP contribution in [0.5, 0.6) is 0 Å². The Morgan fingerprint density at radius 1 is 1.29 bits per heavy atom. The smallest absolute Gasteiger partial charge is 0.255 e. The van der Waals surface area contributed by atoms with E-state index in [1.807, 2.05) is 16.3 Å². The van der Waals surface area contributed by atoms with Gasteiger partial charge in [-0.3, -0.25) is 9.59 Å². The molecule has 34 heavy (non-hydrogen) atoms. The van der Waals surface area contributed by atoms with Gasteiger partial charge in [0.05, 0.1) is 11.8 Å². The minimum atomic E-state index is -3.27. The first-order valence-corrected chi connectivity index (χ1v) is 14.2. The van der Waals surface area contributed by atoms with E-state index in [0.717, 1.165) is 40.3 Å². The van der Waals surface area contributed by atoms with Gasteiger partial charge in [0, 0.05) is 46.9 Å². The molecule has 0 aliphatic carbocycles. The Bertz CT molecular complexity index is 1380. The number of thiophene rings is 1. The Kier molecular flexibility index (Phi) is 6.72. The second-order valence-electron chi connectivity index (χ2n) is 10.1. The SMILES string of the molecule is CC(C)(C)c1cc(-c2ccc[nH]c2=O)cc2c(C(=O)N3CCCC(CNS(C)(=O)=O)C3)csc12. The van der Waals surface area contributed by atoms with Crippen LogP contribution in [0.4, 0.5) is 0 Å². The fourth-order valence-corrected chi connectivity index (χ4v) is 6.31. The molecule has 3 heterocycles. The second-order valence-corrected chi connectivity index (χ2v) is 12.8. The number of piperidine rings is 1. The Morgan fingerprint density at radius 2 is 2.06 bits per heavy atom. The number of carbonyl (C=O) groups excluding carboxylic acids is 1. The first-order chi connectivity index (χ1) is 15.9. The maximum Gasteiger partial charge on any atom is 0.255 e. The van der Waals surface area contributed by atoms with Crippen LogP contribution in [0.3, 0.4) is 0 Å². The topological polar surface area (TPSA) is 99.3 Å². The van der Waals surface area contributed by atoms with E-state index >= 15 is 0 Å². The lowest BCUT2D eigenvalue weighted by Crippen LogP contribution is -2.43. The lowest BCUT2D eigenvalue weighted by molar-refractivity contribution is 0.0679. The zero-order valence-electron chi connectivity index (χ0n) is 20.0. The highest BCUT2D eigenvalue weighted by atomic mass is 32.2. The molecule has 182 valence electrons. The van der Waals surface area contributed by atoms with Gasteiger partial charge in [-0.2, -0.15) is 0 Å². The summed E-state index contributed by atoms with van der Waals surface area (Å²) >= 11 is 1.56. The third-order valence-corrected chi connectivity index (χ3v) is 8.00. The van der Waals surface area contributed by atoms with Gasteiger partial charge in [-0.05, 0) is 59.6 Å². The van der Waals surface area contributed by atoms with E-state index in [0.29, 0.717) is 30.8 Å². The van der Waals surface area contributed by atoms with Crippen molar-refractivity contribution in [2.75, 3.05) is 25.9 Å². The highest BCUT2D eigenvalue weighted by Gasteiger charge is 2.28. The molecule has 1 aliphatic heterocycles. The summed E-state index contributed by atoms with van der Waals surface area (Å²) in [6.45, 7) is 7.89. The standard InChI is InChI=1S/C25H31N3O4S2/c1-25(2,3)21-12-17(18-8-5-9-26-23(18)29)11-19-20(15-33-22(19)21)24(30)28-10-6-7-16(14-28)13-27-34(4,31)32/h5,8-9,11-12,15-16,27H,6-7,10,13-14H2,1-4H3,(H,26,29). The van der Waals surface area contributed by atoms with E-state index in [4.69, 9.17) is 0 Å². The van der Waals surface area contributed by atoms with Gasteiger partial charge in [0.25, 0.3) is 11.5 Å². The summed E-state index contributed by atoms with van der Waals surface area (Å²) in [5.41, 5.74) is 2.76. The zero-order valence-corrected chi connectivity index (χ0v) is 21.6. The van der Waals surface area contributed by atoms with Crippen molar-refractivity contribution in [1.82, 2.24) is 14.6 Å². The highest BCUT2D eigenvalue weighted by Crippen LogP contribution is 2.39. The van der Waals surface area contributed by atoms with Crippen molar-refractivity contribution in [2.45, 2.75) is 39.0 Å². The Hall–Kier alpha value is -2.49. The number of benzene rings is 1. The van der Waals surface area contributed by atoms with Crippen molar-refractivity contribution in [3.8, 4) is 11.1 Å². The van der Waals surface area contributed by atoms with Crippen LogP contribution in [0.25, 0.3) is 21.2 Å². The predicted molar refractivity (Wildman–Crippen MR) is 138 cm³/mol. The van der Waals surface area contributed by atoms with Crippen LogP contribution >= 0.6 is 11.3 Å². The molecule has 0 spiro atoms.